The van der Waals surface area contributed by atoms with Crippen LogP contribution in [0.3, 0.4) is 0 Å². The van der Waals surface area contributed by atoms with E-state index in [0.29, 0.717) is 12.0 Å². The molecule has 0 saturated carbocycles. The summed E-state index contributed by atoms with van der Waals surface area (Å²) in [5, 5.41) is 0. The normalized spacial score (nSPS) is 20.6. The monoisotopic (exact) mass is 299 g/mol. The molecule has 4 nitrogen and oxygen atoms in total. The molecule has 4 heteroatoms. The first-order chi connectivity index (χ1) is 10.7. The summed E-state index contributed by atoms with van der Waals surface area (Å²) in [4.78, 5) is 9.55. The Balaban J connectivity index is 1.63. The zero-order valence-electron chi connectivity index (χ0n) is 13.5. The summed E-state index contributed by atoms with van der Waals surface area (Å²) in [5.41, 5.74) is 1.16. The number of pyridine rings is 1. The van der Waals surface area contributed by atoms with Gasteiger partial charge >= 0.3 is 0 Å². The van der Waals surface area contributed by atoms with Gasteiger partial charge in [-0.15, -0.1) is 0 Å². The Hall–Kier alpha value is -1.65. The van der Waals surface area contributed by atoms with Crippen LogP contribution >= 0.6 is 0 Å². The van der Waals surface area contributed by atoms with E-state index < -0.39 is 0 Å². The predicted molar refractivity (Wildman–Crippen MR) is 87.3 cm³/mol. The van der Waals surface area contributed by atoms with Gasteiger partial charge in [0.1, 0.15) is 5.76 Å². The van der Waals surface area contributed by atoms with E-state index in [1.54, 1.807) is 6.26 Å². The van der Waals surface area contributed by atoms with Crippen molar-refractivity contribution in [2.45, 2.75) is 33.0 Å². The van der Waals surface area contributed by atoms with Gasteiger partial charge in [0, 0.05) is 38.4 Å². The van der Waals surface area contributed by atoms with Crippen molar-refractivity contribution < 1.29 is 4.42 Å². The van der Waals surface area contributed by atoms with Gasteiger partial charge in [0.25, 0.3) is 0 Å². The molecule has 2 aromatic heterocycles. The third kappa shape index (κ3) is 3.76. The number of aromatic nitrogens is 1. The molecule has 118 valence electrons. The summed E-state index contributed by atoms with van der Waals surface area (Å²) in [7, 11) is 0. The van der Waals surface area contributed by atoms with Gasteiger partial charge in [-0.3, -0.25) is 14.8 Å². The number of rotatable bonds is 5. The minimum atomic E-state index is 0.561. The van der Waals surface area contributed by atoms with Crippen molar-refractivity contribution in [2.75, 3.05) is 19.6 Å². The van der Waals surface area contributed by atoms with Crippen molar-refractivity contribution in [3.8, 4) is 0 Å². The fraction of sp³-hybridized carbons (Fsp3) is 0.500. The molecule has 1 aliphatic heterocycles. The predicted octanol–water partition coefficient (Wildman–Crippen LogP) is 3.02. The van der Waals surface area contributed by atoms with Gasteiger partial charge in [-0.1, -0.05) is 19.9 Å². The third-order valence-corrected chi connectivity index (χ3v) is 4.44. The molecule has 0 amide bonds. The summed E-state index contributed by atoms with van der Waals surface area (Å²) in [5.74, 6) is 1.68. The molecule has 1 aliphatic rings. The van der Waals surface area contributed by atoms with E-state index in [0.717, 1.165) is 44.2 Å². The van der Waals surface area contributed by atoms with Gasteiger partial charge < -0.3 is 4.42 Å². The number of piperazine rings is 1. The van der Waals surface area contributed by atoms with Crippen molar-refractivity contribution in [3.05, 3.63) is 54.2 Å². The maximum Gasteiger partial charge on any atom is 0.117 e. The van der Waals surface area contributed by atoms with Crippen LogP contribution in [0.2, 0.25) is 0 Å². The number of furan rings is 1. The van der Waals surface area contributed by atoms with Crippen LogP contribution in [0.25, 0.3) is 0 Å². The van der Waals surface area contributed by atoms with E-state index in [2.05, 4.69) is 46.8 Å². The summed E-state index contributed by atoms with van der Waals surface area (Å²) >= 11 is 0. The molecular formula is C18H25N3O. The molecule has 0 radical (unpaired) electrons. The zero-order valence-corrected chi connectivity index (χ0v) is 13.5. The lowest BCUT2D eigenvalue weighted by Gasteiger charge is -2.43. The summed E-state index contributed by atoms with van der Waals surface area (Å²) in [6.07, 6.45) is 3.64. The van der Waals surface area contributed by atoms with Crippen molar-refractivity contribution in [3.63, 3.8) is 0 Å². The van der Waals surface area contributed by atoms with Gasteiger partial charge in [0.2, 0.25) is 0 Å². The van der Waals surface area contributed by atoms with Gasteiger partial charge in [-0.05, 0) is 30.2 Å². The maximum absolute atomic E-state index is 5.49. The first kappa shape index (κ1) is 15.3. The molecule has 0 aliphatic carbocycles. The second kappa shape index (κ2) is 7.07. The highest BCUT2D eigenvalue weighted by Crippen LogP contribution is 2.20. The Labute approximate surface area is 132 Å². The highest BCUT2D eigenvalue weighted by Gasteiger charge is 2.29. The maximum atomic E-state index is 5.49. The van der Waals surface area contributed by atoms with Gasteiger partial charge in [0.05, 0.1) is 18.5 Å². The van der Waals surface area contributed by atoms with Crippen LogP contribution in [-0.4, -0.2) is 40.5 Å². The Morgan fingerprint density at radius 3 is 2.77 bits per heavy atom. The lowest BCUT2D eigenvalue weighted by molar-refractivity contribution is 0.0366. The van der Waals surface area contributed by atoms with E-state index in [4.69, 9.17) is 4.42 Å². The van der Waals surface area contributed by atoms with E-state index in [-0.39, 0.29) is 0 Å². The minimum absolute atomic E-state index is 0.561. The van der Waals surface area contributed by atoms with Crippen molar-refractivity contribution in [1.29, 1.82) is 0 Å². The molecule has 3 heterocycles. The number of nitrogens with zero attached hydrogens (tertiary/aromatic N) is 3. The van der Waals surface area contributed by atoms with Crippen LogP contribution in [0.5, 0.6) is 0 Å². The second-order valence-corrected chi connectivity index (χ2v) is 6.42. The van der Waals surface area contributed by atoms with Crippen LogP contribution in [0.1, 0.15) is 25.3 Å². The summed E-state index contributed by atoms with van der Waals surface area (Å²) < 4.78 is 5.49. The summed E-state index contributed by atoms with van der Waals surface area (Å²) in [6.45, 7) is 9.73. The average molecular weight is 299 g/mol. The average Bonchev–Trinajstić information content (AvgIpc) is 3.02. The molecule has 22 heavy (non-hydrogen) atoms. The van der Waals surface area contributed by atoms with Crippen molar-refractivity contribution >= 4 is 0 Å². The molecule has 3 rings (SSSR count). The quantitative estimate of drug-likeness (QED) is 0.849. The fourth-order valence-electron chi connectivity index (χ4n) is 3.20. The second-order valence-electron chi connectivity index (χ2n) is 6.42. The molecule has 0 bridgehead atoms. The van der Waals surface area contributed by atoms with E-state index >= 15 is 0 Å². The highest BCUT2D eigenvalue weighted by atomic mass is 16.3. The van der Waals surface area contributed by atoms with Crippen LogP contribution in [0.4, 0.5) is 0 Å². The van der Waals surface area contributed by atoms with Crippen molar-refractivity contribution in [2.24, 2.45) is 5.92 Å². The first-order valence-electron chi connectivity index (χ1n) is 8.11. The lowest BCUT2D eigenvalue weighted by Crippen LogP contribution is -2.54. The van der Waals surface area contributed by atoms with Crippen LogP contribution in [0.15, 0.2) is 47.2 Å². The molecule has 1 fully saturated rings. The molecule has 0 spiro atoms. The van der Waals surface area contributed by atoms with Crippen LogP contribution in [-0.2, 0) is 13.1 Å². The third-order valence-electron chi connectivity index (χ3n) is 4.44. The molecule has 2 aromatic rings. The first-order valence-corrected chi connectivity index (χ1v) is 8.11. The Morgan fingerprint density at radius 1 is 1.18 bits per heavy atom. The smallest absolute Gasteiger partial charge is 0.117 e. The lowest BCUT2D eigenvalue weighted by atomic mass is 9.99. The number of hydrogen-bond acceptors (Lipinski definition) is 4. The van der Waals surface area contributed by atoms with Crippen LogP contribution < -0.4 is 0 Å². The topological polar surface area (TPSA) is 32.5 Å². The van der Waals surface area contributed by atoms with Gasteiger partial charge in [-0.25, -0.2) is 0 Å². The molecule has 1 atom stereocenters. The Morgan fingerprint density at radius 2 is 2.09 bits per heavy atom. The van der Waals surface area contributed by atoms with Crippen LogP contribution in [0, 0.1) is 5.92 Å². The standard InChI is InChI=1S/C18H25N3O/c1-15(2)18-14-20(13-17-7-5-11-22-17)9-10-21(18)12-16-6-3-4-8-19-16/h3-8,11,15,18H,9-10,12-14H2,1-2H3/t18-/m1/s1. The Bertz CT molecular complexity index is 553. The minimum Gasteiger partial charge on any atom is -0.468 e. The molecule has 0 N–H and O–H groups in total. The van der Waals surface area contributed by atoms with Gasteiger partial charge in [0.15, 0.2) is 0 Å². The molecule has 0 aromatic carbocycles. The molecule has 0 unspecified atom stereocenters. The van der Waals surface area contributed by atoms with E-state index in [1.807, 2.05) is 18.3 Å². The summed E-state index contributed by atoms with van der Waals surface area (Å²) in [6, 6.07) is 10.7. The highest BCUT2D eigenvalue weighted by molar-refractivity contribution is 5.04. The SMILES string of the molecule is CC(C)[C@H]1CN(Cc2ccco2)CCN1Cc1ccccn1. The number of hydrogen-bond donors (Lipinski definition) is 0. The van der Waals surface area contributed by atoms with Gasteiger partial charge in [-0.2, -0.15) is 0 Å². The molecule has 1 saturated heterocycles. The molecular weight excluding hydrogens is 274 g/mol. The van der Waals surface area contributed by atoms with E-state index in [1.165, 1.54) is 0 Å². The zero-order chi connectivity index (χ0) is 15.4. The largest absolute Gasteiger partial charge is 0.468 e. The van der Waals surface area contributed by atoms with E-state index in [9.17, 15) is 0 Å². The Kier molecular flexibility index (Phi) is 4.90. The van der Waals surface area contributed by atoms with Crippen molar-refractivity contribution in [1.82, 2.24) is 14.8 Å². The fourth-order valence-corrected chi connectivity index (χ4v) is 3.20.